The van der Waals surface area contributed by atoms with E-state index in [1.165, 1.54) is 14.0 Å². The number of benzene rings is 3. The Kier molecular flexibility index (Phi) is 8.04. The predicted molar refractivity (Wildman–Crippen MR) is 135 cm³/mol. The first kappa shape index (κ1) is 26.1. The maximum Gasteiger partial charge on any atom is 0.317 e. The molecule has 4 atom stereocenters. The molecular weight excluding hydrogens is 472 g/mol. The highest BCUT2D eigenvalue weighted by Crippen LogP contribution is 2.47. The quantitative estimate of drug-likeness (QED) is 0.364. The summed E-state index contributed by atoms with van der Waals surface area (Å²) in [6.07, 6.45) is -0.379. The number of aliphatic hydroxyl groups is 1. The van der Waals surface area contributed by atoms with Gasteiger partial charge in [-0.25, -0.2) is 0 Å². The van der Waals surface area contributed by atoms with Crippen LogP contribution in [0.3, 0.4) is 0 Å². The van der Waals surface area contributed by atoms with Gasteiger partial charge < -0.3 is 19.3 Å². The molecule has 37 heavy (non-hydrogen) atoms. The number of hydrogen-bond acceptors (Lipinski definition) is 7. The molecule has 1 aliphatic rings. The fourth-order valence-corrected chi connectivity index (χ4v) is 4.88. The predicted octanol–water partition coefficient (Wildman–Crippen LogP) is 4.22. The van der Waals surface area contributed by atoms with E-state index in [-0.39, 0.29) is 19.6 Å². The number of hydrogen-bond donors (Lipinski definition) is 1. The second-order valence-electron chi connectivity index (χ2n) is 9.44. The van der Waals surface area contributed by atoms with Gasteiger partial charge in [0.15, 0.2) is 5.78 Å². The van der Waals surface area contributed by atoms with E-state index in [1.807, 2.05) is 60.7 Å². The van der Waals surface area contributed by atoms with Gasteiger partial charge in [-0.05, 0) is 35.7 Å². The van der Waals surface area contributed by atoms with E-state index in [9.17, 15) is 19.5 Å². The Morgan fingerprint density at radius 3 is 1.86 bits per heavy atom. The van der Waals surface area contributed by atoms with Gasteiger partial charge in [0.2, 0.25) is 0 Å². The van der Waals surface area contributed by atoms with Gasteiger partial charge in [-0.3, -0.25) is 14.4 Å². The van der Waals surface area contributed by atoms with E-state index in [0.717, 1.165) is 11.1 Å². The minimum atomic E-state index is -1.73. The lowest BCUT2D eigenvalue weighted by molar-refractivity contribution is -0.174. The average molecular weight is 503 g/mol. The monoisotopic (exact) mass is 502 g/mol. The van der Waals surface area contributed by atoms with Crippen LogP contribution in [-0.2, 0) is 37.1 Å². The third-order valence-electron chi connectivity index (χ3n) is 6.72. The first-order chi connectivity index (χ1) is 17.8. The summed E-state index contributed by atoms with van der Waals surface area (Å²) in [5, 5.41) is 11.3. The summed E-state index contributed by atoms with van der Waals surface area (Å²) in [5.41, 5.74) is 0.344. The van der Waals surface area contributed by atoms with E-state index in [0.29, 0.717) is 11.3 Å². The summed E-state index contributed by atoms with van der Waals surface area (Å²) in [7, 11) is 1.53. The van der Waals surface area contributed by atoms with Crippen molar-refractivity contribution in [1.82, 2.24) is 0 Å². The van der Waals surface area contributed by atoms with Gasteiger partial charge in [0.25, 0.3) is 0 Å². The van der Waals surface area contributed by atoms with Crippen LogP contribution in [0.2, 0.25) is 0 Å². The lowest BCUT2D eigenvalue weighted by atomic mass is 9.61. The number of esters is 2. The molecule has 4 unspecified atom stereocenters. The number of ether oxygens (including phenoxy) is 3. The van der Waals surface area contributed by atoms with Gasteiger partial charge in [-0.15, -0.1) is 0 Å². The van der Waals surface area contributed by atoms with E-state index in [4.69, 9.17) is 14.2 Å². The number of Topliss-reactive ketones (excluding diaryl/α,β-unsaturated/α-hetero) is 1. The Hall–Kier alpha value is -3.97. The molecule has 3 aromatic rings. The molecule has 0 saturated heterocycles. The van der Waals surface area contributed by atoms with E-state index in [2.05, 4.69) is 0 Å². The summed E-state index contributed by atoms with van der Waals surface area (Å²) in [4.78, 5) is 40.1. The highest BCUT2D eigenvalue weighted by atomic mass is 16.5. The van der Waals surface area contributed by atoms with E-state index in [1.54, 1.807) is 24.3 Å². The fraction of sp³-hybridized carbons (Fsp3) is 0.300. The fourth-order valence-electron chi connectivity index (χ4n) is 4.88. The molecule has 0 aliphatic heterocycles. The van der Waals surface area contributed by atoms with Crippen LogP contribution in [0.25, 0.3) is 0 Å². The Morgan fingerprint density at radius 2 is 1.35 bits per heavy atom. The minimum Gasteiger partial charge on any atom is -0.497 e. The van der Waals surface area contributed by atoms with Crippen molar-refractivity contribution in [2.24, 2.45) is 11.8 Å². The lowest BCUT2D eigenvalue weighted by Gasteiger charge is -2.43. The third kappa shape index (κ3) is 6.06. The van der Waals surface area contributed by atoms with Crippen LogP contribution in [-0.4, -0.2) is 35.5 Å². The number of carbonyl (C=O) groups excluding carboxylic acids is 3. The summed E-state index contributed by atoms with van der Waals surface area (Å²) >= 11 is 0. The van der Waals surface area contributed by atoms with Crippen molar-refractivity contribution in [1.29, 1.82) is 0 Å². The van der Waals surface area contributed by atoms with Gasteiger partial charge in [-0.1, -0.05) is 72.8 Å². The highest BCUT2D eigenvalue weighted by molar-refractivity contribution is 6.02. The van der Waals surface area contributed by atoms with Crippen LogP contribution >= 0.6 is 0 Å². The van der Waals surface area contributed by atoms with Crippen molar-refractivity contribution in [3.63, 3.8) is 0 Å². The summed E-state index contributed by atoms with van der Waals surface area (Å²) in [5.74, 6) is -4.81. The Bertz CT molecular complexity index is 1220. The third-order valence-corrected chi connectivity index (χ3v) is 6.72. The topological polar surface area (TPSA) is 99.1 Å². The minimum absolute atomic E-state index is 0.00134. The van der Waals surface area contributed by atoms with Crippen molar-refractivity contribution < 1.29 is 33.7 Å². The molecular formula is C30H30O7. The maximum absolute atomic E-state index is 13.5. The second kappa shape index (κ2) is 11.4. The molecule has 1 aliphatic carbocycles. The maximum atomic E-state index is 13.5. The molecule has 0 bridgehead atoms. The average Bonchev–Trinajstić information content (AvgIpc) is 2.90. The summed E-state index contributed by atoms with van der Waals surface area (Å²) in [6, 6.07) is 25.0. The Balaban J connectivity index is 1.67. The SMILES string of the molecule is COc1ccc(C2C(C(=O)OCc3ccccc3)C(=O)CC(C)(O)C2C(=O)OCc2ccccc2)cc1. The summed E-state index contributed by atoms with van der Waals surface area (Å²) < 4.78 is 16.4. The zero-order valence-electron chi connectivity index (χ0n) is 20.8. The second-order valence-corrected chi connectivity index (χ2v) is 9.44. The molecule has 0 spiro atoms. The van der Waals surface area contributed by atoms with Crippen molar-refractivity contribution in [2.75, 3.05) is 7.11 Å². The number of ketones is 1. The molecule has 1 saturated carbocycles. The van der Waals surface area contributed by atoms with E-state index < -0.39 is 41.1 Å². The van der Waals surface area contributed by atoms with Crippen LogP contribution in [0.4, 0.5) is 0 Å². The van der Waals surface area contributed by atoms with Gasteiger partial charge >= 0.3 is 11.9 Å². The molecule has 0 heterocycles. The zero-order chi connectivity index (χ0) is 26.4. The normalized spacial score (nSPS) is 23.2. The molecule has 1 fully saturated rings. The lowest BCUT2D eigenvalue weighted by Crippen LogP contribution is -2.55. The number of methoxy groups -OCH3 is 1. The molecule has 0 amide bonds. The van der Waals surface area contributed by atoms with Crippen LogP contribution < -0.4 is 4.74 Å². The van der Waals surface area contributed by atoms with Gasteiger partial charge in [0.1, 0.15) is 24.9 Å². The molecule has 7 nitrogen and oxygen atoms in total. The summed E-state index contributed by atoms with van der Waals surface area (Å²) in [6.45, 7) is 1.42. The zero-order valence-corrected chi connectivity index (χ0v) is 20.8. The number of carbonyl (C=O) groups is 3. The first-order valence-corrected chi connectivity index (χ1v) is 12.1. The standard InChI is InChI=1S/C30H30O7/c1-30(34)17-24(31)26(28(32)36-18-20-9-5-3-6-10-20)25(22-13-15-23(35-2)16-14-22)27(30)29(33)37-19-21-11-7-4-8-12-21/h3-16,25-27,34H,17-19H2,1-2H3. The van der Waals surface area contributed by atoms with Gasteiger partial charge in [-0.2, -0.15) is 0 Å². The molecule has 3 aromatic carbocycles. The molecule has 192 valence electrons. The highest BCUT2D eigenvalue weighted by Gasteiger charge is 2.57. The van der Waals surface area contributed by atoms with Crippen LogP contribution in [0.1, 0.15) is 36.0 Å². The van der Waals surface area contributed by atoms with Crippen LogP contribution in [0, 0.1) is 11.8 Å². The van der Waals surface area contributed by atoms with Crippen molar-refractivity contribution >= 4 is 17.7 Å². The largest absolute Gasteiger partial charge is 0.497 e. The Morgan fingerprint density at radius 1 is 0.838 bits per heavy atom. The van der Waals surface area contributed by atoms with Crippen molar-refractivity contribution in [2.45, 2.75) is 38.1 Å². The number of rotatable bonds is 8. The van der Waals surface area contributed by atoms with Crippen molar-refractivity contribution in [3.8, 4) is 5.75 Å². The van der Waals surface area contributed by atoms with Crippen LogP contribution in [0.15, 0.2) is 84.9 Å². The molecule has 1 N–H and O–H groups in total. The Labute approximate surface area is 216 Å². The molecule has 7 heteroatoms. The smallest absolute Gasteiger partial charge is 0.317 e. The molecule has 0 aromatic heterocycles. The van der Waals surface area contributed by atoms with Crippen molar-refractivity contribution in [3.05, 3.63) is 102 Å². The first-order valence-electron chi connectivity index (χ1n) is 12.1. The van der Waals surface area contributed by atoms with E-state index >= 15 is 0 Å². The molecule has 0 radical (unpaired) electrons. The van der Waals surface area contributed by atoms with Gasteiger partial charge in [0, 0.05) is 12.3 Å². The van der Waals surface area contributed by atoms with Crippen LogP contribution in [0.5, 0.6) is 5.75 Å². The molecule has 4 rings (SSSR count). The van der Waals surface area contributed by atoms with Gasteiger partial charge in [0.05, 0.1) is 18.6 Å².